The number of ether oxygens (including phenoxy) is 2. The summed E-state index contributed by atoms with van der Waals surface area (Å²) in [6.45, 7) is 5.35. The average molecular weight is 626 g/mol. The first kappa shape index (κ1) is 32.1. The van der Waals surface area contributed by atoms with Gasteiger partial charge in [0.05, 0.1) is 35.4 Å². The molecule has 8 nitrogen and oxygen atoms in total. The molecule has 2 aliphatic rings. The first-order valence-electron chi connectivity index (χ1n) is 15.4. The summed E-state index contributed by atoms with van der Waals surface area (Å²) in [5.41, 5.74) is 0.384. The maximum absolute atomic E-state index is 15.6. The van der Waals surface area contributed by atoms with Crippen molar-refractivity contribution in [2.45, 2.75) is 70.6 Å². The summed E-state index contributed by atoms with van der Waals surface area (Å²) < 4.78 is 29.2. The van der Waals surface area contributed by atoms with E-state index < -0.39 is 17.4 Å². The fourth-order valence-electron chi connectivity index (χ4n) is 6.86. The number of amides is 1. The molecule has 2 fully saturated rings. The largest absolute Gasteiger partial charge is 0.469 e. The molecule has 1 aliphatic carbocycles. The first-order valence-corrected chi connectivity index (χ1v) is 15.8. The summed E-state index contributed by atoms with van der Waals surface area (Å²) in [7, 11) is 3.26. The third-order valence-electron chi connectivity index (χ3n) is 9.19. The SMILES string of the molecule is COC(=O)C1CCC(OC(C(=O)Cc2cc(Cl)c(NC(=O)c3cn(C)c4ccccc34)cc2F)(C(C)C)N2CCCC2)CC1. The molecule has 1 N–H and O–H groups in total. The monoisotopic (exact) mass is 625 g/mol. The number of aromatic nitrogens is 1. The Morgan fingerprint density at radius 3 is 2.43 bits per heavy atom. The molecule has 5 rings (SSSR count). The van der Waals surface area contributed by atoms with Crippen molar-refractivity contribution in [2.75, 3.05) is 25.5 Å². The van der Waals surface area contributed by atoms with Crippen LogP contribution in [-0.4, -0.2) is 59.2 Å². The van der Waals surface area contributed by atoms with Crippen molar-refractivity contribution in [1.82, 2.24) is 9.47 Å². The molecular weight excluding hydrogens is 585 g/mol. The van der Waals surface area contributed by atoms with E-state index in [2.05, 4.69) is 10.2 Å². The summed E-state index contributed by atoms with van der Waals surface area (Å²) in [5, 5.41) is 3.66. The van der Waals surface area contributed by atoms with Gasteiger partial charge in [0.25, 0.3) is 5.91 Å². The van der Waals surface area contributed by atoms with Crippen LogP contribution in [0.25, 0.3) is 10.9 Å². The van der Waals surface area contributed by atoms with E-state index in [1.54, 1.807) is 6.20 Å². The molecule has 1 saturated heterocycles. The highest BCUT2D eigenvalue weighted by atomic mass is 35.5. The summed E-state index contributed by atoms with van der Waals surface area (Å²) in [6.07, 6.45) is 5.76. The number of rotatable bonds is 10. The quantitative estimate of drug-likeness (QED) is 0.258. The number of hydrogen-bond acceptors (Lipinski definition) is 6. The molecule has 2 aromatic carbocycles. The summed E-state index contributed by atoms with van der Waals surface area (Å²) in [6, 6.07) is 10.1. The number of halogens is 2. The molecule has 0 spiro atoms. The van der Waals surface area contributed by atoms with Crippen LogP contribution < -0.4 is 5.32 Å². The molecule has 1 saturated carbocycles. The number of carbonyl (C=O) groups excluding carboxylic acids is 3. The number of aryl methyl sites for hydroxylation is 1. The van der Waals surface area contributed by atoms with Crippen LogP contribution in [0.2, 0.25) is 5.02 Å². The molecule has 2 heterocycles. The average Bonchev–Trinajstić information content (AvgIpc) is 3.67. The molecule has 1 aromatic heterocycles. The van der Waals surface area contributed by atoms with Crippen LogP contribution >= 0.6 is 11.6 Å². The Morgan fingerprint density at radius 2 is 1.77 bits per heavy atom. The minimum absolute atomic E-state index is 0.131. The maximum Gasteiger partial charge on any atom is 0.308 e. The van der Waals surface area contributed by atoms with E-state index in [1.807, 2.05) is 49.7 Å². The van der Waals surface area contributed by atoms with Crippen LogP contribution in [0.15, 0.2) is 42.6 Å². The number of para-hydroxylation sites is 1. The molecule has 1 aliphatic heterocycles. The Bertz CT molecular complexity index is 1540. The number of benzene rings is 2. The molecule has 1 amide bonds. The second kappa shape index (κ2) is 13.4. The zero-order valence-corrected chi connectivity index (χ0v) is 26.6. The Hall–Kier alpha value is -3.27. The van der Waals surface area contributed by atoms with Gasteiger partial charge in [-0.3, -0.25) is 19.3 Å². The van der Waals surface area contributed by atoms with Gasteiger partial charge in [0, 0.05) is 49.6 Å². The summed E-state index contributed by atoms with van der Waals surface area (Å²) in [5.74, 6) is -1.84. The van der Waals surface area contributed by atoms with E-state index in [0.29, 0.717) is 44.3 Å². The van der Waals surface area contributed by atoms with Gasteiger partial charge in [-0.25, -0.2) is 4.39 Å². The van der Waals surface area contributed by atoms with Crippen molar-refractivity contribution in [3.63, 3.8) is 0 Å². The van der Waals surface area contributed by atoms with Crippen LogP contribution in [0, 0.1) is 17.7 Å². The number of hydrogen-bond donors (Lipinski definition) is 1. The number of ketones is 1. The van der Waals surface area contributed by atoms with Crippen molar-refractivity contribution < 1.29 is 28.2 Å². The van der Waals surface area contributed by atoms with Gasteiger partial charge in [-0.05, 0) is 62.3 Å². The standard InChI is InChI=1S/C34H41ClFN3O5/c1-21(2)34(39-15-7-8-16-39,44-24-13-11-22(12-14-24)33(42)43-4)31(40)18-23-17-27(35)29(19-28(23)36)37-32(41)26-20-38(3)30-10-6-5-9-25(26)30/h5-6,9-10,17,19-22,24H,7-8,11-16,18H2,1-4H3,(H,37,41). The minimum Gasteiger partial charge on any atom is -0.469 e. The van der Waals surface area contributed by atoms with Gasteiger partial charge in [-0.15, -0.1) is 0 Å². The highest BCUT2D eigenvalue weighted by molar-refractivity contribution is 6.34. The minimum atomic E-state index is -1.24. The van der Waals surface area contributed by atoms with Gasteiger partial charge < -0.3 is 19.4 Å². The zero-order valence-electron chi connectivity index (χ0n) is 25.8. The number of Topliss-reactive ketones (excluding diaryl/α,β-unsaturated/α-hetero) is 1. The van der Waals surface area contributed by atoms with Crippen molar-refractivity contribution >= 4 is 45.9 Å². The van der Waals surface area contributed by atoms with Crippen LogP contribution in [-0.2, 0) is 32.5 Å². The molecule has 236 valence electrons. The number of fused-ring (bicyclic) bond motifs is 1. The van der Waals surface area contributed by atoms with Gasteiger partial charge >= 0.3 is 5.97 Å². The Balaban J connectivity index is 1.36. The first-order chi connectivity index (χ1) is 21.0. The third kappa shape index (κ3) is 6.28. The Labute approximate surface area is 262 Å². The van der Waals surface area contributed by atoms with Crippen LogP contribution in [0.5, 0.6) is 0 Å². The number of carbonyl (C=O) groups is 3. The molecule has 1 unspecified atom stereocenters. The highest BCUT2D eigenvalue weighted by Gasteiger charge is 2.50. The number of methoxy groups -OCH3 is 1. The molecule has 0 bridgehead atoms. The fraction of sp³-hybridized carbons (Fsp3) is 0.500. The lowest BCUT2D eigenvalue weighted by molar-refractivity contribution is -0.212. The smallest absolute Gasteiger partial charge is 0.308 e. The molecular formula is C34H41ClFN3O5. The number of nitrogens with zero attached hydrogens (tertiary/aromatic N) is 2. The van der Waals surface area contributed by atoms with Crippen molar-refractivity contribution in [3.05, 3.63) is 64.6 Å². The molecule has 0 radical (unpaired) electrons. The van der Waals surface area contributed by atoms with E-state index in [-0.39, 0.29) is 52.4 Å². The van der Waals surface area contributed by atoms with Crippen LogP contribution in [0.4, 0.5) is 10.1 Å². The Morgan fingerprint density at radius 1 is 1.09 bits per heavy atom. The second-order valence-corrected chi connectivity index (χ2v) is 12.7. The number of nitrogens with one attached hydrogen (secondary N) is 1. The van der Waals surface area contributed by atoms with E-state index >= 15 is 4.39 Å². The van der Waals surface area contributed by atoms with Gasteiger partial charge in [0.2, 0.25) is 0 Å². The lowest BCUT2D eigenvalue weighted by atomic mass is 9.85. The van der Waals surface area contributed by atoms with Gasteiger partial charge in [-0.2, -0.15) is 0 Å². The van der Waals surface area contributed by atoms with E-state index in [4.69, 9.17) is 21.1 Å². The van der Waals surface area contributed by atoms with Gasteiger partial charge in [0.15, 0.2) is 11.5 Å². The Kier molecular flexibility index (Phi) is 9.77. The number of likely N-dealkylation sites (tertiary alicyclic amines) is 1. The predicted octanol–water partition coefficient (Wildman–Crippen LogP) is 6.53. The van der Waals surface area contributed by atoms with E-state index in [0.717, 1.165) is 23.7 Å². The normalized spacial score (nSPS) is 20.5. The molecule has 1 atom stereocenters. The lowest BCUT2D eigenvalue weighted by Gasteiger charge is -2.46. The van der Waals surface area contributed by atoms with Crippen molar-refractivity contribution in [3.8, 4) is 0 Å². The van der Waals surface area contributed by atoms with Gasteiger partial charge in [0.1, 0.15) is 5.82 Å². The van der Waals surface area contributed by atoms with Crippen LogP contribution in [0.1, 0.15) is 68.3 Å². The topological polar surface area (TPSA) is 89.9 Å². The molecule has 10 heteroatoms. The number of esters is 1. The lowest BCUT2D eigenvalue weighted by Crippen LogP contribution is -2.61. The zero-order chi connectivity index (χ0) is 31.6. The predicted molar refractivity (Wildman–Crippen MR) is 168 cm³/mol. The summed E-state index contributed by atoms with van der Waals surface area (Å²) in [4.78, 5) is 41.6. The fourth-order valence-corrected chi connectivity index (χ4v) is 7.09. The van der Waals surface area contributed by atoms with Crippen LogP contribution in [0.3, 0.4) is 0 Å². The maximum atomic E-state index is 15.6. The molecule has 44 heavy (non-hydrogen) atoms. The third-order valence-corrected chi connectivity index (χ3v) is 9.50. The van der Waals surface area contributed by atoms with E-state index in [9.17, 15) is 14.4 Å². The van der Waals surface area contributed by atoms with Crippen molar-refractivity contribution in [2.24, 2.45) is 18.9 Å². The van der Waals surface area contributed by atoms with E-state index in [1.165, 1.54) is 19.2 Å². The van der Waals surface area contributed by atoms with Crippen molar-refractivity contribution in [1.29, 1.82) is 0 Å². The summed E-state index contributed by atoms with van der Waals surface area (Å²) >= 11 is 6.57. The van der Waals surface area contributed by atoms with Gasteiger partial charge in [-0.1, -0.05) is 43.6 Å². The molecule has 3 aromatic rings. The highest BCUT2D eigenvalue weighted by Crippen LogP contribution is 2.38. The second-order valence-electron chi connectivity index (χ2n) is 12.3. The number of anilines is 1.